The molecule has 0 aliphatic heterocycles. The molecule has 0 saturated carbocycles. The average Bonchev–Trinajstić information content (AvgIpc) is 2.09. The summed E-state index contributed by atoms with van der Waals surface area (Å²) in [7, 11) is -7.57. The molecule has 8 nitrogen and oxygen atoms in total. The first-order valence-corrected chi connectivity index (χ1v) is 6.33. The van der Waals surface area contributed by atoms with Crippen molar-refractivity contribution in [3.8, 4) is 0 Å². The summed E-state index contributed by atoms with van der Waals surface area (Å²) in [5, 5.41) is 7.96. The van der Waals surface area contributed by atoms with Crippen LogP contribution in [-0.2, 0) is 14.0 Å². The van der Waals surface area contributed by atoms with Crippen LogP contribution in [-0.4, -0.2) is 37.7 Å². The van der Waals surface area contributed by atoms with Crippen molar-refractivity contribution >= 4 is 21.5 Å². The van der Waals surface area contributed by atoms with Crippen LogP contribution >= 0.6 is 16.0 Å². The monoisotopic (exact) mass is 247 g/mol. The lowest BCUT2D eigenvalue weighted by molar-refractivity contribution is -0.142. The second-order valence-electron chi connectivity index (χ2n) is 2.38. The Bertz CT molecular complexity index is 240. The van der Waals surface area contributed by atoms with Gasteiger partial charge < -0.3 is 20.4 Å². The highest BCUT2D eigenvalue weighted by Crippen LogP contribution is 2.49. The molecule has 2 unspecified atom stereocenters. The van der Waals surface area contributed by atoms with E-state index < -0.39 is 27.2 Å². The van der Waals surface area contributed by atoms with Crippen molar-refractivity contribution in [2.75, 3.05) is 6.54 Å². The minimum atomic E-state index is -4.68. The quantitative estimate of drug-likeness (QED) is 0.232. The van der Waals surface area contributed by atoms with Crippen LogP contribution in [0.4, 0.5) is 0 Å². The average molecular weight is 247 g/mol. The Labute approximate surface area is 80.7 Å². The van der Waals surface area contributed by atoms with Crippen molar-refractivity contribution < 1.29 is 34.0 Å². The molecule has 6 N–H and O–H groups in total. The second-order valence-corrected chi connectivity index (χ2v) is 5.33. The van der Waals surface area contributed by atoms with Gasteiger partial charge in [-0.1, -0.05) is 0 Å². The Morgan fingerprint density at radius 2 is 2.07 bits per heavy atom. The lowest BCUT2D eigenvalue weighted by Crippen LogP contribution is -2.23. The van der Waals surface area contributed by atoms with Crippen LogP contribution < -0.4 is 5.73 Å². The summed E-state index contributed by atoms with van der Waals surface area (Å²) >= 11 is 0. The van der Waals surface area contributed by atoms with Gasteiger partial charge in [0.2, 0.25) is 5.52 Å². The van der Waals surface area contributed by atoms with Crippen molar-refractivity contribution in [3.05, 3.63) is 0 Å². The van der Waals surface area contributed by atoms with Gasteiger partial charge in [-0.2, -0.15) is 4.67 Å². The molecular weight excluding hydrogens is 236 g/mol. The van der Waals surface area contributed by atoms with E-state index in [-0.39, 0.29) is 13.0 Å². The number of carbonyl (C=O) groups excluding carboxylic acids is 1. The molecule has 0 spiro atoms. The van der Waals surface area contributed by atoms with Gasteiger partial charge in [0.15, 0.2) is 0 Å². The fraction of sp³-hybridized carbons (Fsp3) is 0.750. The van der Waals surface area contributed by atoms with Gasteiger partial charge in [0.25, 0.3) is 8.38 Å². The van der Waals surface area contributed by atoms with Crippen molar-refractivity contribution in [2.24, 2.45) is 5.73 Å². The topological polar surface area (TPSA) is 150 Å². The zero-order valence-corrected chi connectivity index (χ0v) is 8.77. The van der Waals surface area contributed by atoms with Gasteiger partial charge in [-0.25, -0.2) is 5.26 Å². The first-order chi connectivity index (χ1) is 6.34. The van der Waals surface area contributed by atoms with Crippen LogP contribution in [0, 0.1) is 0 Å². The summed E-state index contributed by atoms with van der Waals surface area (Å²) in [6, 6.07) is 0. The number of carbonyl (C=O) groups is 1. The van der Waals surface area contributed by atoms with Gasteiger partial charge >= 0.3 is 7.60 Å². The second kappa shape index (κ2) is 5.85. The molecule has 0 radical (unpaired) electrons. The minimum Gasteiger partial charge on any atom is -0.342 e. The molecule has 0 rings (SSSR count). The highest BCUT2D eigenvalue weighted by molar-refractivity contribution is 7.69. The molecule has 0 bridgehead atoms. The van der Waals surface area contributed by atoms with E-state index in [0.29, 0.717) is 0 Å². The van der Waals surface area contributed by atoms with Gasteiger partial charge in [0.1, 0.15) is 5.66 Å². The number of hydrogen-bond donors (Lipinski definition) is 5. The van der Waals surface area contributed by atoms with Crippen LogP contribution in [0.1, 0.15) is 6.42 Å². The summed E-state index contributed by atoms with van der Waals surface area (Å²) in [6.45, 7) is -0.129. The Balaban J connectivity index is 4.67. The Morgan fingerprint density at radius 3 is 2.36 bits per heavy atom. The van der Waals surface area contributed by atoms with Crippen molar-refractivity contribution in [3.63, 3.8) is 0 Å². The predicted octanol–water partition coefficient (Wildman–Crippen LogP) is -0.798. The Morgan fingerprint density at radius 1 is 1.57 bits per heavy atom. The van der Waals surface area contributed by atoms with Gasteiger partial charge in [-0.15, -0.1) is 0 Å². The first-order valence-electron chi connectivity index (χ1n) is 3.44. The molecule has 0 amide bonds. The van der Waals surface area contributed by atoms with Gasteiger partial charge in [-0.05, 0) is 13.0 Å². The molecule has 0 aromatic carbocycles. The molecule has 0 aromatic heterocycles. The zero-order valence-electron chi connectivity index (χ0n) is 6.98. The van der Waals surface area contributed by atoms with E-state index >= 15 is 0 Å². The van der Waals surface area contributed by atoms with Crippen molar-refractivity contribution in [1.82, 2.24) is 0 Å². The lowest BCUT2D eigenvalue weighted by atomic mass is 10.3. The third kappa shape index (κ3) is 4.08. The van der Waals surface area contributed by atoms with Crippen LogP contribution in [0.2, 0.25) is 0 Å². The molecular formula is C4H11NO7P2. The fourth-order valence-corrected chi connectivity index (χ4v) is 2.75. The van der Waals surface area contributed by atoms with E-state index in [1.807, 2.05) is 0 Å². The van der Waals surface area contributed by atoms with E-state index in [2.05, 4.69) is 4.67 Å². The SMILES string of the molecule is NCCC(C(=O)P(O)OO)P(=O)(O)O. The molecule has 10 heteroatoms. The summed E-state index contributed by atoms with van der Waals surface area (Å²) in [5.41, 5.74) is 2.07. The molecule has 2 atom stereocenters. The van der Waals surface area contributed by atoms with Gasteiger partial charge in [0, 0.05) is 0 Å². The number of hydrogen-bond acceptors (Lipinski definition) is 6. The van der Waals surface area contributed by atoms with Crippen molar-refractivity contribution in [2.45, 2.75) is 12.1 Å². The number of nitrogens with two attached hydrogens (primary N) is 1. The minimum absolute atomic E-state index is 0.129. The van der Waals surface area contributed by atoms with E-state index in [1.165, 1.54) is 0 Å². The zero-order chi connectivity index (χ0) is 11.4. The van der Waals surface area contributed by atoms with E-state index in [9.17, 15) is 9.36 Å². The van der Waals surface area contributed by atoms with Crippen LogP contribution in [0.5, 0.6) is 0 Å². The molecule has 0 aromatic rings. The van der Waals surface area contributed by atoms with Gasteiger partial charge in [0.05, 0.1) is 0 Å². The molecule has 0 aliphatic carbocycles. The van der Waals surface area contributed by atoms with E-state index in [4.69, 9.17) is 25.7 Å². The van der Waals surface area contributed by atoms with E-state index in [1.54, 1.807) is 0 Å². The third-order valence-electron chi connectivity index (χ3n) is 1.40. The predicted molar refractivity (Wildman–Crippen MR) is 47.4 cm³/mol. The van der Waals surface area contributed by atoms with Crippen LogP contribution in [0.25, 0.3) is 0 Å². The molecule has 14 heavy (non-hydrogen) atoms. The summed E-state index contributed by atoms with van der Waals surface area (Å²) in [6.07, 6.45) is -0.286. The van der Waals surface area contributed by atoms with Crippen LogP contribution in [0.3, 0.4) is 0 Å². The Kier molecular flexibility index (Phi) is 5.88. The number of rotatable bonds is 6. The first kappa shape index (κ1) is 14.1. The summed E-state index contributed by atoms with van der Waals surface area (Å²) < 4.78 is 14.1. The largest absolute Gasteiger partial charge is 0.342 e. The smallest absolute Gasteiger partial charge is 0.336 e. The maximum Gasteiger partial charge on any atom is 0.336 e. The molecule has 0 aliphatic rings. The summed E-state index contributed by atoms with van der Waals surface area (Å²) in [4.78, 5) is 37.2. The normalized spacial score (nSPS) is 16.4. The Hall–Kier alpha value is 0.0900. The van der Waals surface area contributed by atoms with Crippen molar-refractivity contribution in [1.29, 1.82) is 0 Å². The lowest BCUT2D eigenvalue weighted by Gasteiger charge is -2.16. The van der Waals surface area contributed by atoms with Crippen LogP contribution in [0.15, 0.2) is 0 Å². The van der Waals surface area contributed by atoms with E-state index in [0.717, 1.165) is 0 Å². The standard InChI is InChI=1S/C4H11NO7P2/c5-2-1-3(14(9,10)11)4(6)13(8)12-7/h3,7-8H,1-2,5H2,(H2,9,10,11). The third-order valence-corrected chi connectivity index (χ3v) is 3.75. The fourth-order valence-electron chi connectivity index (χ4n) is 0.761. The summed E-state index contributed by atoms with van der Waals surface area (Å²) in [5.74, 6) is 0. The maximum absolute atomic E-state index is 11.1. The maximum atomic E-state index is 11.1. The van der Waals surface area contributed by atoms with Gasteiger partial charge in [-0.3, -0.25) is 9.36 Å². The highest BCUT2D eigenvalue weighted by atomic mass is 31.2. The molecule has 0 heterocycles. The molecule has 0 saturated heterocycles. The molecule has 84 valence electrons. The molecule has 0 fully saturated rings. The highest BCUT2D eigenvalue weighted by Gasteiger charge is 2.39.